The summed E-state index contributed by atoms with van der Waals surface area (Å²) in [5, 5.41) is 9.54. The van der Waals surface area contributed by atoms with Crippen molar-refractivity contribution in [3.8, 4) is 0 Å². The van der Waals surface area contributed by atoms with E-state index in [1.807, 2.05) is 0 Å². The maximum atomic E-state index is 12.2. The second-order valence-corrected chi connectivity index (χ2v) is 12.3. The van der Waals surface area contributed by atoms with E-state index in [4.69, 9.17) is 9.47 Å². The number of aliphatic hydroxyl groups is 1. The molecular weight excluding hydrogens is 596 g/mol. The van der Waals surface area contributed by atoms with E-state index in [9.17, 15) is 14.7 Å². The maximum absolute atomic E-state index is 12.2. The van der Waals surface area contributed by atoms with Crippen LogP contribution >= 0.6 is 0 Å². The number of hydrogen-bond donors (Lipinski definition) is 1. The van der Waals surface area contributed by atoms with Crippen LogP contribution in [0.1, 0.15) is 155 Å². The van der Waals surface area contributed by atoms with Crippen molar-refractivity contribution in [1.82, 2.24) is 0 Å². The van der Waals surface area contributed by atoms with Gasteiger partial charge in [-0.1, -0.05) is 144 Å². The Balaban J connectivity index is 3.70. The lowest BCUT2D eigenvalue weighted by Crippen LogP contribution is -2.28. The van der Waals surface area contributed by atoms with Crippen LogP contribution in [0.4, 0.5) is 0 Å². The highest BCUT2D eigenvalue weighted by Crippen LogP contribution is 2.11. The molecule has 0 saturated carbocycles. The zero-order chi connectivity index (χ0) is 35.0. The number of unbranched alkanes of at least 4 members (excludes halogenated alkanes) is 11. The molecule has 0 aromatic carbocycles. The van der Waals surface area contributed by atoms with Gasteiger partial charge in [0, 0.05) is 12.8 Å². The van der Waals surface area contributed by atoms with Crippen molar-refractivity contribution >= 4 is 11.9 Å². The average Bonchev–Trinajstić information content (AvgIpc) is 3.09. The molecule has 48 heavy (non-hydrogen) atoms. The van der Waals surface area contributed by atoms with Crippen LogP contribution < -0.4 is 0 Å². The Bertz CT molecular complexity index is 937. The second-order valence-electron chi connectivity index (χ2n) is 12.3. The van der Waals surface area contributed by atoms with E-state index in [1.54, 1.807) is 0 Å². The summed E-state index contributed by atoms with van der Waals surface area (Å²) in [6.45, 7) is 3.92. The summed E-state index contributed by atoms with van der Waals surface area (Å²) in [5.41, 5.74) is 0. The van der Waals surface area contributed by atoms with Gasteiger partial charge >= 0.3 is 11.9 Å². The van der Waals surface area contributed by atoms with Crippen LogP contribution in [-0.2, 0) is 19.1 Å². The predicted octanol–water partition coefficient (Wildman–Crippen LogP) is 11.9. The third-order valence-electron chi connectivity index (χ3n) is 7.67. The number of ether oxygens (including phenoxy) is 2. The van der Waals surface area contributed by atoms with E-state index in [1.165, 1.54) is 51.4 Å². The van der Waals surface area contributed by atoms with Gasteiger partial charge in [-0.05, 0) is 83.5 Å². The van der Waals surface area contributed by atoms with Gasteiger partial charge in [0.2, 0.25) is 0 Å². The highest BCUT2D eigenvalue weighted by Gasteiger charge is 2.16. The first-order valence-electron chi connectivity index (χ1n) is 19.1. The van der Waals surface area contributed by atoms with Gasteiger partial charge in [-0.3, -0.25) is 9.59 Å². The van der Waals surface area contributed by atoms with Gasteiger partial charge in [0.25, 0.3) is 0 Å². The number of carbonyl (C=O) groups is 2. The van der Waals surface area contributed by atoms with Crippen molar-refractivity contribution < 1.29 is 24.2 Å². The monoisotopic (exact) mass is 667 g/mol. The van der Waals surface area contributed by atoms with E-state index in [0.29, 0.717) is 19.3 Å². The number of carbonyl (C=O) groups excluding carboxylic acids is 2. The molecule has 1 atom stereocenters. The molecule has 5 nitrogen and oxygen atoms in total. The topological polar surface area (TPSA) is 72.8 Å². The summed E-state index contributed by atoms with van der Waals surface area (Å²) in [7, 11) is 0. The normalized spacial score (nSPS) is 13.1. The molecule has 0 heterocycles. The highest BCUT2D eigenvalue weighted by atomic mass is 16.6. The molecule has 0 aliphatic rings. The van der Waals surface area contributed by atoms with Gasteiger partial charge in [-0.25, -0.2) is 0 Å². The lowest BCUT2D eigenvalue weighted by molar-refractivity contribution is -0.161. The molecule has 0 amide bonds. The van der Waals surface area contributed by atoms with Crippen molar-refractivity contribution in [2.45, 2.75) is 161 Å². The van der Waals surface area contributed by atoms with Crippen LogP contribution in [0.3, 0.4) is 0 Å². The van der Waals surface area contributed by atoms with Crippen molar-refractivity contribution in [1.29, 1.82) is 0 Å². The molecule has 272 valence electrons. The summed E-state index contributed by atoms with van der Waals surface area (Å²) < 4.78 is 10.5. The Hall–Kier alpha value is -2.92. The molecule has 0 saturated heterocycles. The van der Waals surface area contributed by atoms with Gasteiger partial charge in [0.1, 0.15) is 6.61 Å². The summed E-state index contributed by atoms with van der Waals surface area (Å²) in [6.07, 6.45) is 52.1. The number of rotatable bonds is 33. The van der Waals surface area contributed by atoms with Crippen molar-refractivity contribution in [2.24, 2.45) is 0 Å². The molecule has 5 heteroatoms. The molecule has 0 bridgehead atoms. The molecule has 0 spiro atoms. The van der Waals surface area contributed by atoms with E-state index < -0.39 is 6.10 Å². The molecule has 0 radical (unpaired) electrons. The van der Waals surface area contributed by atoms with E-state index >= 15 is 0 Å². The Morgan fingerprint density at radius 1 is 0.500 bits per heavy atom. The predicted molar refractivity (Wildman–Crippen MR) is 205 cm³/mol. The maximum Gasteiger partial charge on any atom is 0.306 e. The Labute approximate surface area is 295 Å². The fraction of sp³-hybridized carbons (Fsp3) is 0.628. The molecular formula is C43H70O5. The van der Waals surface area contributed by atoms with Gasteiger partial charge in [0.15, 0.2) is 6.10 Å². The first kappa shape index (κ1) is 45.1. The summed E-state index contributed by atoms with van der Waals surface area (Å²) in [6, 6.07) is 0. The Morgan fingerprint density at radius 3 is 1.42 bits per heavy atom. The molecule has 0 rings (SSSR count). The molecule has 0 aliphatic carbocycles. The second kappa shape index (κ2) is 38.5. The molecule has 0 aliphatic heterocycles. The van der Waals surface area contributed by atoms with Crippen LogP contribution in [0.25, 0.3) is 0 Å². The quantitative estimate of drug-likeness (QED) is 0.0429. The van der Waals surface area contributed by atoms with E-state index in [0.717, 1.165) is 70.6 Å². The molecule has 0 fully saturated rings. The Kier molecular flexibility index (Phi) is 36.2. The smallest absolute Gasteiger partial charge is 0.306 e. The zero-order valence-electron chi connectivity index (χ0n) is 30.7. The van der Waals surface area contributed by atoms with Crippen LogP contribution in [0, 0.1) is 0 Å². The summed E-state index contributed by atoms with van der Waals surface area (Å²) in [5.74, 6) is -0.677. The number of allylic oxidation sites excluding steroid dienone is 14. The first-order chi connectivity index (χ1) is 23.6. The molecule has 0 aromatic rings. The highest BCUT2D eigenvalue weighted by molar-refractivity contribution is 5.70. The van der Waals surface area contributed by atoms with Crippen LogP contribution in [0.2, 0.25) is 0 Å². The zero-order valence-corrected chi connectivity index (χ0v) is 30.7. The lowest BCUT2D eigenvalue weighted by atomic mass is 10.1. The van der Waals surface area contributed by atoms with Crippen molar-refractivity contribution in [3.63, 3.8) is 0 Å². The minimum absolute atomic E-state index is 0.103. The van der Waals surface area contributed by atoms with Crippen molar-refractivity contribution in [3.05, 3.63) is 85.1 Å². The van der Waals surface area contributed by atoms with Crippen molar-refractivity contribution in [2.75, 3.05) is 13.2 Å². The minimum atomic E-state index is -0.803. The van der Waals surface area contributed by atoms with Gasteiger partial charge in [-0.15, -0.1) is 0 Å². The van der Waals surface area contributed by atoms with Gasteiger partial charge in [0.05, 0.1) is 6.61 Å². The fourth-order valence-electron chi connectivity index (χ4n) is 4.79. The molecule has 0 aromatic heterocycles. The third kappa shape index (κ3) is 35.9. The lowest BCUT2D eigenvalue weighted by Gasteiger charge is -2.15. The van der Waals surface area contributed by atoms with Gasteiger partial charge in [-0.2, -0.15) is 0 Å². The third-order valence-corrected chi connectivity index (χ3v) is 7.67. The number of hydrogen-bond acceptors (Lipinski definition) is 5. The minimum Gasteiger partial charge on any atom is -0.462 e. The molecule has 1 unspecified atom stereocenters. The number of aliphatic hydroxyl groups excluding tert-OH is 1. The number of esters is 2. The van der Waals surface area contributed by atoms with Gasteiger partial charge < -0.3 is 14.6 Å². The van der Waals surface area contributed by atoms with Crippen LogP contribution in [0.15, 0.2) is 85.1 Å². The average molecular weight is 667 g/mol. The summed E-state index contributed by atoms with van der Waals surface area (Å²) >= 11 is 0. The van der Waals surface area contributed by atoms with Crippen LogP contribution in [-0.4, -0.2) is 36.4 Å². The van der Waals surface area contributed by atoms with Crippen LogP contribution in [0.5, 0.6) is 0 Å². The SMILES string of the molecule is CCC=CCC=CCC=CCC=CCC=CCCCC(=O)OCC(CO)OC(=O)CCCCCCCCCC=CCC=CCCCCC. The van der Waals surface area contributed by atoms with E-state index in [-0.39, 0.29) is 25.2 Å². The Morgan fingerprint density at radius 2 is 0.917 bits per heavy atom. The van der Waals surface area contributed by atoms with E-state index in [2.05, 4.69) is 98.9 Å². The fourth-order valence-corrected chi connectivity index (χ4v) is 4.79. The first-order valence-corrected chi connectivity index (χ1v) is 19.1. The summed E-state index contributed by atoms with van der Waals surface area (Å²) in [4.78, 5) is 24.2. The largest absolute Gasteiger partial charge is 0.462 e. The standard InChI is InChI=1S/C43H70O5/c1-3-5-7-9-11-13-15-17-19-21-23-25-27-29-31-33-35-37-42(45)47-40-41(39-44)48-43(46)38-36-34-32-30-28-26-24-22-20-18-16-14-12-10-8-6-4-2/h5,7,11-14,17-20,23,25,29,31,41,44H,3-4,6,8-10,15-16,21-22,24,26-28,30,32-40H2,1-2H3. The molecule has 1 N–H and O–H groups in total.